The fourth-order valence-electron chi connectivity index (χ4n) is 1.37. The number of quaternary nitrogens is 1. The summed E-state index contributed by atoms with van der Waals surface area (Å²) in [4.78, 5) is 0. The first-order chi connectivity index (χ1) is 7.72. The lowest BCUT2D eigenvalue weighted by atomic mass is 10.2. The maximum atomic E-state index is 12.6. The van der Waals surface area contributed by atoms with E-state index in [-0.39, 0.29) is 5.82 Å². The molecular formula is C13H21FNO+. The molecule has 0 aliphatic carbocycles. The lowest BCUT2D eigenvalue weighted by Gasteiger charge is -2.08. The van der Waals surface area contributed by atoms with Gasteiger partial charge in [0.1, 0.15) is 11.6 Å². The van der Waals surface area contributed by atoms with Gasteiger partial charge in [0.15, 0.2) is 0 Å². The molecule has 0 spiro atoms. The smallest absolute Gasteiger partial charge is 0.123 e. The molecule has 0 unspecified atom stereocenters. The minimum absolute atomic E-state index is 0.225. The van der Waals surface area contributed by atoms with Gasteiger partial charge in [0, 0.05) is 6.42 Å². The first-order valence-corrected chi connectivity index (χ1v) is 5.94. The van der Waals surface area contributed by atoms with Crippen molar-refractivity contribution in [2.75, 3.05) is 13.2 Å². The second-order valence-electron chi connectivity index (χ2n) is 4.07. The number of nitrogens with two attached hydrogens (primary N) is 1. The summed E-state index contributed by atoms with van der Waals surface area (Å²) in [6.45, 7) is 6.19. The number of halogens is 1. The molecular weight excluding hydrogens is 205 g/mol. The van der Waals surface area contributed by atoms with Gasteiger partial charge in [-0.1, -0.05) is 6.92 Å². The fourth-order valence-corrected chi connectivity index (χ4v) is 1.37. The van der Waals surface area contributed by atoms with E-state index in [1.165, 1.54) is 18.6 Å². The normalized spacial score (nSPS) is 12.4. The van der Waals surface area contributed by atoms with Crippen LogP contribution in [0.3, 0.4) is 0 Å². The van der Waals surface area contributed by atoms with Gasteiger partial charge >= 0.3 is 0 Å². The molecule has 0 bridgehead atoms. The molecule has 1 aromatic carbocycles. The Balaban J connectivity index is 2.09. The minimum atomic E-state index is -0.225. The molecule has 0 aromatic heterocycles. The fraction of sp³-hybridized carbons (Fsp3) is 0.538. The Morgan fingerprint density at radius 2 is 2.00 bits per heavy atom. The third-order valence-electron chi connectivity index (χ3n) is 2.64. The summed E-state index contributed by atoms with van der Waals surface area (Å²) in [7, 11) is 0. The maximum Gasteiger partial charge on any atom is 0.123 e. The van der Waals surface area contributed by atoms with Crippen molar-refractivity contribution in [3.05, 3.63) is 30.1 Å². The van der Waals surface area contributed by atoms with Gasteiger partial charge in [-0.2, -0.15) is 0 Å². The van der Waals surface area contributed by atoms with Crippen molar-refractivity contribution in [2.24, 2.45) is 0 Å². The largest absolute Gasteiger partial charge is 0.493 e. The maximum absolute atomic E-state index is 12.6. The average Bonchev–Trinajstić information content (AvgIpc) is 2.31. The summed E-state index contributed by atoms with van der Waals surface area (Å²) in [6.07, 6.45) is 2.21. The molecule has 1 rings (SSSR count). The van der Waals surface area contributed by atoms with Gasteiger partial charge in [0.25, 0.3) is 0 Å². The molecule has 0 aliphatic heterocycles. The summed E-state index contributed by atoms with van der Waals surface area (Å²) in [5, 5.41) is 2.33. The Morgan fingerprint density at radius 1 is 1.31 bits per heavy atom. The summed E-state index contributed by atoms with van der Waals surface area (Å²) in [5.74, 6) is 0.516. The van der Waals surface area contributed by atoms with Crippen molar-refractivity contribution >= 4 is 0 Å². The van der Waals surface area contributed by atoms with E-state index in [1.807, 2.05) is 0 Å². The molecule has 1 aromatic rings. The molecule has 16 heavy (non-hydrogen) atoms. The van der Waals surface area contributed by atoms with Crippen LogP contribution in [0.1, 0.15) is 26.7 Å². The Bertz CT molecular complexity index is 286. The molecule has 0 aliphatic rings. The summed E-state index contributed by atoms with van der Waals surface area (Å²) < 4.78 is 18.1. The van der Waals surface area contributed by atoms with Crippen molar-refractivity contribution < 1.29 is 14.4 Å². The summed E-state index contributed by atoms with van der Waals surface area (Å²) >= 11 is 0. The molecule has 2 nitrogen and oxygen atoms in total. The first kappa shape index (κ1) is 13.0. The second kappa shape index (κ2) is 7.23. The molecule has 1 atom stereocenters. The van der Waals surface area contributed by atoms with Gasteiger partial charge in [-0.15, -0.1) is 0 Å². The van der Waals surface area contributed by atoms with Crippen LogP contribution in [0, 0.1) is 5.82 Å². The SMILES string of the molecule is CC[C@H](C)[NH2+]CCCOc1ccc(F)cc1. The van der Waals surface area contributed by atoms with Gasteiger partial charge in [0.2, 0.25) is 0 Å². The van der Waals surface area contributed by atoms with Crippen molar-refractivity contribution in [1.29, 1.82) is 0 Å². The minimum Gasteiger partial charge on any atom is -0.493 e. The molecule has 0 heterocycles. The number of ether oxygens (including phenoxy) is 1. The van der Waals surface area contributed by atoms with Gasteiger partial charge in [-0.3, -0.25) is 0 Å². The lowest BCUT2D eigenvalue weighted by Crippen LogP contribution is -2.89. The van der Waals surface area contributed by atoms with Crippen LogP contribution in [0.25, 0.3) is 0 Å². The van der Waals surface area contributed by atoms with Crippen molar-refractivity contribution in [2.45, 2.75) is 32.7 Å². The molecule has 2 N–H and O–H groups in total. The van der Waals surface area contributed by atoms with Crippen molar-refractivity contribution in [3.63, 3.8) is 0 Å². The lowest BCUT2D eigenvalue weighted by molar-refractivity contribution is -0.686. The highest BCUT2D eigenvalue weighted by molar-refractivity contribution is 5.21. The number of rotatable bonds is 7. The predicted octanol–water partition coefficient (Wildman–Crippen LogP) is 1.96. The van der Waals surface area contributed by atoms with Crippen LogP contribution < -0.4 is 10.1 Å². The Morgan fingerprint density at radius 3 is 2.62 bits per heavy atom. The van der Waals surface area contributed by atoms with E-state index in [0.29, 0.717) is 12.6 Å². The monoisotopic (exact) mass is 226 g/mol. The average molecular weight is 226 g/mol. The van der Waals surface area contributed by atoms with E-state index in [0.717, 1.165) is 18.7 Å². The Labute approximate surface area is 96.8 Å². The highest BCUT2D eigenvalue weighted by Crippen LogP contribution is 2.10. The molecule has 0 fully saturated rings. The summed E-state index contributed by atoms with van der Waals surface area (Å²) in [5.41, 5.74) is 0. The number of hydrogen-bond acceptors (Lipinski definition) is 1. The zero-order valence-corrected chi connectivity index (χ0v) is 10.1. The van der Waals surface area contributed by atoms with Crippen molar-refractivity contribution in [1.82, 2.24) is 0 Å². The van der Waals surface area contributed by atoms with Crippen LogP contribution in [-0.4, -0.2) is 19.2 Å². The third-order valence-corrected chi connectivity index (χ3v) is 2.64. The molecule has 90 valence electrons. The van der Waals surface area contributed by atoms with Crippen LogP contribution in [0.4, 0.5) is 4.39 Å². The van der Waals surface area contributed by atoms with Crippen LogP contribution in [0.15, 0.2) is 24.3 Å². The summed E-state index contributed by atoms with van der Waals surface area (Å²) in [6, 6.07) is 6.84. The van der Waals surface area contributed by atoms with Crippen LogP contribution in [-0.2, 0) is 0 Å². The zero-order valence-electron chi connectivity index (χ0n) is 10.1. The van der Waals surface area contributed by atoms with E-state index in [4.69, 9.17) is 4.74 Å². The second-order valence-corrected chi connectivity index (χ2v) is 4.07. The molecule has 0 amide bonds. The first-order valence-electron chi connectivity index (χ1n) is 5.94. The quantitative estimate of drug-likeness (QED) is 0.707. The highest BCUT2D eigenvalue weighted by atomic mass is 19.1. The van der Waals surface area contributed by atoms with E-state index in [1.54, 1.807) is 12.1 Å². The topological polar surface area (TPSA) is 25.8 Å². The van der Waals surface area contributed by atoms with Crippen LogP contribution in [0.5, 0.6) is 5.75 Å². The van der Waals surface area contributed by atoms with E-state index >= 15 is 0 Å². The Kier molecular flexibility index (Phi) is 5.86. The zero-order chi connectivity index (χ0) is 11.8. The number of hydrogen-bond donors (Lipinski definition) is 1. The van der Waals surface area contributed by atoms with Crippen molar-refractivity contribution in [3.8, 4) is 5.75 Å². The highest BCUT2D eigenvalue weighted by Gasteiger charge is 2.00. The van der Waals surface area contributed by atoms with E-state index in [2.05, 4.69) is 19.2 Å². The molecule has 0 radical (unpaired) electrons. The molecule has 0 saturated heterocycles. The van der Waals surface area contributed by atoms with Gasteiger partial charge in [-0.05, 0) is 37.6 Å². The standard InChI is InChI=1S/C13H20FNO/c1-3-11(2)15-9-4-10-16-13-7-5-12(14)6-8-13/h5-8,11,15H,3-4,9-10H2,1-2H3/p+1/t11-/m0/s1. The molecule has 3 heteroatoms. The van der Waals surface area contributed by atoms with Crippen LogP contribution in [0.2, 0.25) is 0 Å². The number of benzene rings is 1. The van der Waals surface area contributed by atoms with E-state index < -0.39 is 0 Å². The van der Waals surface area contributed by atoms with E-state index in [9.17, 15) is 4.39 Å². The van der Waals surface area contributed by atoms with Gasteiger partial charge in [-0.25, -0.2) is 4.39 Å². The third kappa shape index (κ3) is 5.12. The molecule has 0 saturated carbocycles. The van der Waals surface area contributed by atoms with Crippen LogP contribution >= 0.6 is 0 Å². The van der Waals surface area contributed by atoms with Gasteiger partial charge in [0.05, 0.1) is 19.2 Å². The van der Waals surface area contributed by atoms with Gasteiger partial charge < -0.3 is 10.1 Å². The Hall–Kier alpha value is -1.09. The predicted molar refractivity (Wildman–Crippen MR) is 63.1 cm³/mol.